The zero-order valence-corrected chi connectivity index (χ0v) is 11.3. The highest BCUT2D eigenvalue weighted by molar-refractivity contribution is 5.70. The smallest absolute Gasteiger partial charge is 0.307 e. The molecule has 0 amide bonds. The summed E-state index contributed by atoms with van der Waals surface area (Å²) in [5.74, 6) is -0.315. The Labute approximate surface area is 108 Å². The van der Waals surface area contributed by atoms with Crippen LogP contribution in [0.1, 0.15) is 39.5 Å². The molecular weight excluding hydrogens is 234 g/mol. The summed E-state index contributed by atoms with van der Waals surface area (Å²) in [6.45, 7) is 6.08. The zero-order valence-electron chi connectivity index (χ0n) is 11.3. The molecule has 0 aromatic heterocycles. The number of esters is 2. The van der Waals surface area contributed by atoms with Gasteiger partial charge in [-0.1, -0.05) is 0 Å². The molecule has 1 atom stereocenters. The third-order valence-corrected chi connectivity index (χ3v) is 3.12. The average molecular weight is 257 g/mol. The van der Waals surface area contributed by atoms with Gasteiger partial charge in [0.05, 0.1) is 26.1 Å². The van der Waals surface area contributed by atoms with Crippen molar-refractivity contribution < 1.29 is 19.1 Å². The van der Waals surface area contributed by atoms with Crippen LogP contribution in [-0.2, 0) is 19.1 Å². The molecule has 1 fully saturated rings. The lowest BCUT2D eigenvalue weighted by Crippen LogP contribution is -2.33. The van der Waals surface area contributed by atoms with Crippen molar-refractivity contribution in [1.29, 1.82) is 0 Å². The van der Waals surface area contributed by atoms with Gasteiger partial charge in [-0.25, -0.2) is 0 Å². The lowest BCUT2D eigenvalue weighted by atomic mass is 10.1. The van der Waals surface area contributed by atoms with E-state index in [2.05, 4.69) is 4.90 Å². The minimum atomic E-state index is -0.167. The van der Waals surface area contributed by atoms with E-state index in [4.69, 9.17) is 9.47 Å². The maximum absolute atomic E-state index is 11.4. The SMILES string of the molecule is CCOC(=O)CCN1CCC[C@@H]1CC(=O)OCC. The molecule has 0 saturated carbocycles. The van der Waals surface area contributed by atoms with E-state index in [-0.39, 0.29) is 18.0 Å². The standard InChI is InChI=1S/C13H23NO4/c1-3-17-12(15)7-9-14-8-5-6-11(14)10-13(16)18-4-2/h11H,3-10H2,1-2H3/t11-/m1/s1. The average Bonchev–Trinajstić information content (AvgIpc) is 2.74. The van der Waals surface area contributed by atoms with Crippen molar-refractivity contribution in [3.63, 3.8) is 0 Å². The second kappa shape index (κ2) is 8.08. The molecule has 5 nitrogen and oxygen atoms in total. The minimum Gasteiger partial charge on any atom is -0.466 e. The Kier molecular flexibility index (Phi) is 6.72. The van der Waals surface area contributed by atoms with E-state index in [0.717, 1.165) is 19.4 Å². The van der Waals surface area contributed by atoms with Crippen molar-refractivity contribution in [2.24, 2.45) is 0 Å². The Morgan fingerprint density at radius 2 is 1.83 bits per heavy atom. The molecule has 104 valence electrons. The van der Waals surface area contributed by atoms with Gasteiger partial charge in [0.1, 0.15) is 0 Å². The number of hydrogen-bond donors (Lipinski definition) is 0. The first-order valence-corrected chi connectivity index (χ1v) is 6.72. The van der Waals surface area contributed by atoms with E-state index in [1.807, 2.05) is 6.92 Å². The Bertz CT molecular complexity index is 280. The van der Waals surface area contributed by atoms with Crippen LogP contribution in [0.3, 0.4) is 0 Å². The molecule has 0 unspecified atom stereocenters. The van der Waals surface area contributed by atoms with Crippen LogP contribution >= 0.6 is 0 Å². The van der Waals surface area contributed by atoms with E-state index >= 15 is 0 Å². The summed E-state index contributed by atoms with van der Waals surface area (Å²) in [5, 5.41) is 0. The van der Waals surface area contributed by atoms with Crippen molar-refractivity contribution in [3.8, 4) is 0 Å². The number of nitrogens with zero attached hydrogens (tertiary/aromatic N) is 1. The van der Waals surface area contributed by atoms with Gasteiger partial charge in [-0.3, -0.25) is 14.5 Å². The number of carbonyl (C=O) groups excluding carboxylic acids is 2. The van der Waals surface area contributed by atoms with E-state index in [1.54, 1.807) is 6.92 Å². The molecule has 0 aromatic carbocycles. The van der Waals surface area contributed by atoms with Crippen LogP contribution < -0.4 is 0 Å². The summed E-state index contributed by atoms with van der Waals surface area (Å²) in [7, 11) is 0. The van der Waals surface area contributed by atoms with Crippen LogP contribution in [0.4, 0.5) is 0 Å². The number of carbonyl (C=O) groups is 2. The third-order valence-electron chi connectivity index (χ3n) is 3.12. The zero-order chi connectivity index (χ0) is 13.4. The molecule has 0 bridgehead atoms. The van der Waals surface area contributed by atoms with Crippen molar-refractivity contribution in [2.45, 2.75) is 45.6 Å². The van der Waals surface area contributed by atoms with Crippen molar-refractivity contribution >= 4 is 11.9 Å². The highest BCUT2D eigenvalue weighted by Gasteiger charge is 2.27. The molecule has 0 aromatic rings. The molecule has 18 heavy (non-hydrogen) atoms. The predicted octanol–water partition coefficient (Wildman–Crippen LogP) is 1.36. The Balaban J connectivity index is 2.30. The highest BCUT2D eigenvalue weighted by atomic mass is 16.5. The summed E-state index contributed by atoms with van der Waals surface area (Å²) in [4.78, 5) is 24.9. The summed E-state index contributed by atoms with van der Waals surface area (Å²) in [6, 6.07) is 0.221. The first-order chi connectivity index (χ1) is 8.67. The lowest BCUT2D eigenvalue weighted by molar-refractivity contribution is -0.144. The topological polar surface area (TPSA) is 55.8 Å². The molecule has 0 spiro atoms. The number of hydrogen-bond acceptors (Lipinski definition) is 5. The molecule has 1 aliphatic rings. The van der Waals surface area contributed by atoms with Crippen molar-refractivity contribution in [1.82, 2.24) is 4.90 Å². The van der Waals surface area contributed by atoms with Crippen LogP contribution in [0.15, 0.2) is 0 Å². The van der Waals surface area contributed by atoms with E-state index in [1.165, 1.54) is 0 Å². The molecular formula is C13H23NO4. The van der Waals surface area contributed by atoms with Crippen LogP contribution in [-0.4, -0.2) is 49.2 Å². The summed E-state index contributed by atoms with van der Waals surface area (Å²) in [6.07, 6.45) is 2.90. The van der Waals surface area contributed by atoms with E-state index in [0.29, 0.717) is 32.6 Å². The van der Waals surface area contributed by atoms with Crippen LogP contribution in [0, 0.1) is 0 Å². The van der Waals surface area contributed by atoms with Gasteiger partial charge in [0.25, 0.3) is 0 Å². The lowest BCUT2D eigenvalue weighted by Gasteiger charge is -2.23. The van der Waals surface area contributed by atoms with Gasteiger partial charge < -0.3 is 9.47 Å². The van der Waals surface area contributed by atoms with Crippen molar-refractivity contribution in [2.75, 3.05) is 26.3 Å². The molecule has 5 heteroatoms. The Hall–Kier alpha value is -1.10. The van der Waals surface area contributed by atoms with Gasteiger partial charge in [-0.05, 0) is 33.2 Å². The second-order valence-corrected chi connectivity index (χ2v) is 4.40. The fourth-order valence-corrected chi connectivity index (χ4v) is 2.30. The molecule has 1 heterocycles. The summed E-state index contributed by atoms with van der Waals surface area (Å²) in [5.41, 5.74) is 0. The summed E-state index contributed by atoms with van der Waals surface area (Å²) < 4.78 is 9.86. The van der Waals surface area contributed by atoms with Crippen LogP contribution in [0.25, 0.3) is 0 Å². The molecule has 0 radical (unpaired) electrons. The van der Waals surface area contributed by atoms with Gasteiger partial charge in [0.2, 0.25) is 0 Å². The first-order valence-electron chi connectivity index (χ1n) is 6.72. The van der Waals surface area contributed by atoms with Crippen LogP contribution in [0.5, 0.6) is 0 Å². The fraction of sp³-hybridized carbons (Fsp3) is 0.846. The minimum absolute atomic E-state index is 0.148. The van der Waals surface area contributed by atoms with Gasteiger partial charge >= 0.3 is 11.9 Å². The monoisotopic (exact) mass is 257 g/mol. The van der Waals surface area contributed by atoms with E-state index < -0.39 is 0 Å². The second-order valence-electron chi connectivity index (χ2n) is 4.40. The molecule has 1 aliphatic heterocycles. The fourth-order valence-electron chi connectivity index (χ4n) is 2.30. The van der Waals surface area contributed by atoms with Crippen molar-refractivity contribution in [3.05, 3.63) is 0 Å². The number of likely N-dealkylation sites (tertiary alicyclic amines) is 1. The van der Waals surface area contributed by atoms with Gasteiger partial charge in [0, 0.05) is 12.6 Å². The predicted molar refractivity (Wildman–Crippen MR) is 67.1 cm³/mol. The molecule has 1 saturated heterocycles. The van der Waals surface area contributed by atoms with Gasteiger partial charge in [0.15, 0.2) is 0 Å². The first kappa shape index (κ1) is 15.0. The summed E-state index contributed by atoms with van der Waals surface area (Å²) >= 11 is 0. The van der Waals surface area contributed by atoms with E-state index in [9.17, 15) is 9.59 Å². The number of ether oxygens (including phenoxy) is 2. The molecule has 1 rings (SSSR count). The van der Waals surface area contributed by atoms with Crippen LogP contribution in [0.2, 0.25) is 0 Å². The maximum atomic E-state index is 11.4. The third kappa shape index (κ3) is 5.04. The van der Waals surface area contributed by atoms with Gasteiger partial charge in [-0.2, -0.15) is 0 Å². The largest absolute Gasteiger partial charge is 0.466 e. The Morgan fingerprint density at radius 1 is 1.17 bits per heavy atom. The number of rotatable bonds is 7. The maximum Gasteiger partial charge on any atom is 0.307 e. The van der Waals surface area contributed by atoms with Gasteiger partial charge in [-0.15, -0.1) is 0 Å². The molecule has 0 aliphatic carbocycles. The highest BCUT2D eigenvalue weighted by Crippen LogP contribution is 2.20. The normalized spacial score (nSPS) is 19.8. The Morgan fingerprint density at radius 3 is 2.50 bits per heavy atom. The quantitative estimate of drug-likeness (QED) is 0.644. The molecule has 0 N–H and O–H groups in total.